The Morgan fingerprint density at radius 3 is 2.77 bits per heavy atom. The van der Waals surface area contributed by atoms with E-state index in [1.54, 1.807) is 4.83 Å². The molecule has 6 nitrogen and oxygen atoms in total. The number of nitrogens with zero attached hydrogens (tertiary/aromatic N) is 1. The van der Waals surface area contributed by atoms with E-state index in [2.05, 4.69) is 4.98 Å². The maximum Gasteiger partial charge on any atom is 0.254 e. The normalized spacial score (nSPS) is 11.2. The molecule has 1 aromatic rings. The summed E-state index contributed by atoms with van der Waals surface area (Å²) in [6, 6.07) is 1.32. The average molecular weight is 203 g/mol. The minimum Gasteiger partial charge on any atom is -0.495 e. The molecule has 0 atom stereocenters. The lowest BCUT2D eigenvalue weighted by molar-refractivity contribution is 0.411. The summed E-state index contributed by atoms with van der Waals surface area (Å²) in [6.07, 6.45) is 2.58. The van der Waals surface area contributed by atoms with Crippen molar-refractivity contribution in [2.75, 3.05) is 7.11 Å². The number of hydrogen-bond acceptors (Lipinski definition) is 5. The number of hydrogen-bond donors (Lipinski definition) is 2. The van der Waals surface area contributed by atoms with Crippen LogP contribution >= 0.6 is 0 Å². The summed E-state index contributed by atoms with van der Waals surface area (Å²) in [4.78, 5) is 5.32. The average Bonchev–Trinajstić information content (AvgIpc) is 2.18. The molecule has 3 N–H and O–H groups in total. The third-order valence-corrected chi connectivity index (χ3v) is 2.54. The number of aromatic nitrogens is 1. The van der Waals surface area contributed by atoms with Crippen LogP contribution in [0.2, 0.25) is 0 Å². The zero-order chi connectivity index (χ0) is 9.90. The van der Waals surface area contributed by atoms with Crippen LogP contribution < -0.4 is 15.4 Å². The monoisotopic (exact) mass is 203 g/mol. The predicted molar refractivity (Wildman–Crippen MR) is 45.3 cm³/mol. The largest absolute Gasteiger partial charge is 0.495 e. The number of rotatable bonds is 3. The number of nitrogens with one attached hydrogen (secondary N) is 1. The van der Waals surface area contributed by atoms with Gasteiger partial charge in [-0.25, -0.2) is 8.42 Å². The first-order chi connectivity index (χ1) is 6.10. The van der Waals surface area contributed by atoms with Crippen LogP contribution in [0.3, 0.4) is 0 Å². The number of nitrogens with two attached hydrogens (primary N) is 1. The molecule has 0 aliphatic carbocycles. The summed E-state index contributed by atoms with van der Waals surface area (Å²) in [5.41, 5.74) is 0. The van der Waals surface area contributed by atoms with E-state index in [0.29, 0.717) is 5.75 Å². The zero-order valence-corrected chi connectivity index (χ0v) is 7.71. The summed E-state index contributed by atoms with van der Waals surface area (Å²) in [5.74, 6) is 5.18. The molecule has 0 saturated heterocycles. The molecular formula is C6H9N3O3S. The Balaban J connectivity index is 3.17. The molecule has 7 heteroatoms. The summed E-state index contributed by atoms with van der Waals surface area (Å²) in [7, 11) is -2.23. The molecule has 0 aliphatic rings. The molecule has 0 spiro atoms. The lowest BCUT2D eigenvalue weighted by Crippen LogP contribution is -2.30. The first-order valence-electron chi connectivity index (χ1n) is 3.31. The highest BCUT2D eigenvalue weighted by molar-refractivity contribution is 7.89. The third-order valence-electron chi connectivity index (χ3n) is 1.39. The molecule has 0 aromatic carbocycles. The lowest BCUT2D eigenvalue weighted by Gasteiger charge is -2.03. The fourth-order valence-electron chi connectivity index (χ4n) is 0.726. The highest BCUT2D eigenvalue weighted by Gasteiger charge is 2.12. The Hall–Kier alpha value is -1.18. The fourth-order valence-corrected chi connectivity index (χ4v) is 1.33. The first kappa shape index (κ1) is 9.90. The van der Waals surface area contributed by atoms with E-state index in [1.807, 2.05) is 0 Å². The van der Waals surface area contributed by atoms with Gasteiger partial charge in [-0.3, -0.25) is 10.8 Å². The molecule has 1 rings (SSSR count). The van der Waals surface area contributed by atoms with Crippen LogP contribution in [0.1, 0.15) is 0 Å². The molecule has 0 bridgehead atoms. The van der Waals surface area contributed by atoms with Gasteiger partial charge >= 0.3 is 0 Å². The van der Waals surface area contributed by atoms with Crippen molar-refractivity contribution in [2.45, 2.75) is 4.90 Å². The van der Waals surface area contributed by atoms with Crippen molar-refractivity contribution in [3.05, 3.63) is 18.5 Å². The third kappa shape index (κ3) is 2.14. The highest BCUT2D eigenvalue weighted by atomic mass is 32.2. The van der Waals surface area contributed by atoms with Crippen LogP contribution in [0.15, 0.2) is 23.4 Å². The van der Waals surface area contributed by atoms with E-state index in [4.69, 9.17) is 10.6 Å². The van der Waals surface area contributed by atoms with Crippen LogP contribution in [-0.4, -0.2) is 20.5 Å². The Bertz CT molecular complexity index is 390. The first-order valence-corrected chi connectivity index (χ1v) is 4.80. The van der Waals surface area contributed by atoms with Crippen molar-refractivity contribution in [3.8, 4) is 5.75 Å². The molecule has 0 amide bonds. The van der Waals surface area contributed by atoms with Crippen LogP contribution in [0.5, 0.6) is 5.75 Å². The minimum absolute atomic E-state index is 0.0330. The zero-order valence-electron chi connectivity index (χ0n) is 6.89. The maximum absolute atomic E-state index is 11.1. The van der Waals surface area contributed by atoms with Crippen molar-refractivity contribution < 1.29 is 13.2 Å². The van der Waals surface area contributed by atoms with E-state index in [-0.39, 0.29) is 4.90 Å². The van der Waals surface area contributed by atoms with Gasteiger partial charge in [-0.05, 0) is 0 Å². The number of sulfonamides is 1. The van der Waals surface area contributed by atoms with Crippen LogP contribution in [0.25, 0.3) is 0 Å². The standard InChI is InChI=1S/C6H9N3O3S/c1-12-5-2-6(4-8-3-5)13(10,11)9-7/h2-4,9H,7H2,1H3. The summed E-state index contributed by atoms with van der Waals surface area (Å²) >= 11 is 0. The molecular weight excluding hydrogens is 194 g/mol. The molecule has 0 radical (unpaired) electrons. The Morgan fingerprint density at radius 2 is 2.23 bits per heavy atom. The van der Waals surface area contributed by atoms with Gasteiger partial charge in [0.15, 0.2) is 0 Å². The number of ether oxygens (including phenoxy) is 1. The smallest absolute Gasteiger partial charge is 0.254 e. The molecule has 0 unspecified atom stereocenters. The van der Waals surface area contributed by atoms with Gasteiger partial charge in [0.05, 0.1) is 13.3 Å². The number of pyridine rings is 1. The molecule has 13 heavy (non-hydrogen) atoms. The molecule has 0 aliphatic heterocycles. The van der Waals surface area contributed by atoms with Crippen molar-refractivity contribution in [1.29, 1.82) is 0 Å². The van der Waals surface area contributed by atoms with E-state index < -0.39 is 10.0 Å². The van der Waals surface area contributed by atoms with Gasteiger partial charge in [-0.15, -0.1) is 4.83 Å². The van der Waals surface area contributed by atoms with Crippen LogP contribution in [-0.2, 0) is 10.0 Å². The van der Waals surface area contributed by atoms with Crippen LogP contribution in [0, 0.1) is 0 Å². The quantitative estimate of drug-likeness (QED) is 0.497. The van der Waals surface area contributed by atoms with Crippen molar-refractivity contribution in [3.63, 3.8) is 0 Å². The van der Waals surface area contributed by atoms with Gasteiger partial charge in [0, 0.05) is 12.3 Å². The van der Waals surface area contributed by atoms with Gasteiger partial charge in [-0.2, -0.15) is 0 Å². The van der Waals surface area contributed by atoms with E-state index in [0.717, 1.165) is 0 Å². The van der Waals surface area contributed by atoms with Gasteiger partial charge in [0.1, 0.15) is 10.6 Å². The molecule has 72 valence electrons. The van der Waals surface area contributed by atoms with Gasteiger partial charge in [0.2, 0.25) is 0 Å². The van der Waals surface area contributed by atoms with Crippen molar-refractivity contribution >= 4 is 10.0 Å². The summed E-state index contributed by atoms with van der Waals surface area (Å²) in [5, 5.41) is 0. The molecule has 1 heterocycles. The SMILES string of the molecule is COc1cncc(S(=O)(=O)NN)c1. The van der Waals surface area contributed by atoms with Crippen molar-refractivity contribution in [1.82, 2.24) is 9.82 Å². The summed E-state index contributed by atoms with van der Waals surface area (Å²) < 4.78 is 27.1. The Labute approximate surface area is 75.8 Å². The second-order valence-corrected chi connectivity index (χ2v) is 3.90. The number of methoxy groups -OCH3 is 1. The van der Waals surface area contributed by atoms with Gasteiger partial charge < -0.3 is 4.74 Å². The molecule has 0 fully saturated rings. The number of hydrazine groups is 1. The Morgan fingerprint density at radius 1 is 1.54 bits per heavy atom. The second-order valence-electron chi connectivity index (χ2n) is 2.18. The Kier molecular flexibility index (Phi) is 2.81. The van der Waals surface area contributed by atoms with E-state index in [9.17, 15) is 8.42 Å². The maximum atomic E-state index is 11.1. The molecule has 1 aromatic heterocycles. The summed E-state index contributed by atoms with van der Waals surface area (Å²) in [6.45, 7) is 0. The van der Waals surface area contributed by atoms with Crippen LogP contribution in [0.4, 0.5) is 0 Å². The lowest BCUT2D eigenvalue weighted by atomic mass is 10.5. The van der Waals surface area contributed by atoms with E-state index >= 15 is 0 Å². The van der Waals surface area contributed by atoms with Gasteiger partial charge in [0.25, 0.3) is 10.0 Å². The topological polar surface area (TPSA) is 94.3 Å². The fraction of sp³-hybridized carbons (Fsp3) is 0.167. The highest BCUT2D eigenvalue weighted by Crippen LogP contribution is 2.13. The predicted octanol–water partition coefficient (Wildman–Crippen LogP) is -0.758. The second kappa shape index (κ2) is 3.69. The van der Waals surface area contributed by atoms with Crippen molar-refractivity contribution in [2.24, 2.45) is 5.84 Å². The van der Waals surface area contributed by atoms with E-state index in [1.165, 1.54) is 25.6 Å². The minimum atomic E-state index is -3.65. The molecule has 0 saturated carbocycles. The van der Waals surface area contributed by atoms with Gasteiger partial charge in [-0.1, -0.05) is 0 Å².